The molecular formula is C31H32N2O8. The Bertz CT molecular complexity index is 1600. The first kappa shape index (κ1) is 28.3. The van der Waals surface area contributed by atoms with Gasteiger partial charge in [0.15, 0.2) is 6.23 Å². The summed E-state index contributed by atoms with van der Waals surface area (Å²) in [7, 11) is 4.71. The van der Waals surface area contributed by atoms with E-state index in [1.165, 1.54) is 23.9 Å². The van der Waals surface area contributed by atoms with Crippen LogP contribution in [0.25, 0.3) is 22.3 Å². The van der Waals surface area contributed by atoms with Crippen molar-refractivity contribution in [1.29, 1.82) is 0 Å². The molecule has 1 aliphatic heterocycles. The van der Waals surface area contributed by atoms with E-state index in [1.54, 1.807) is 14.2 Å². The molecule has 2 heterocycles. The first-order chi connectivity index (χ1) is 19.9. The molecule has 2 N–H and O–H groups in total. The molecule has 4 aromatic rings. The van der Waals surface area contributed by atoms with Crippen molar-refractivity contribution in [2.24, 2.45) is 0 Å². The van der Waals surface area contributed by atoms with Crippen LogP contribution in [0.4, 0.5) is 0 Å². The summed E-state index contributed by atoms with van der Waals surface area (Å²) in [5.74, 6) is 1.53. The van der Waals surface area contributed by atoms with Gasteiger partial charge in [-0.15, -0.1) is 0 Å². The van der Waals surface area contributed by atoms with E-state index in [-0.39, 0.29) is 13.2 Å². The number of H-pyrrole nitrogens is 1. The van der Waals surface area contributed by atoms with Crippen LogP contribution in [0, 0.1) is 0 Å². The first-order valence-corrected chi connectivity index (χ1v) is 13.1. The standard InChI is InChI=1S/C31H32N2O8/c1-37-22-11-8-19(9-12-22)24-16-20(10-13-25(24)38-2)23-7-5-4-6-21(23)17-40-18-26-28(35)29(39-3)30(41-26)33-15-14-27(34)32-31(33)36/h4-16,26,28-30,35H,17-18H2,1-3H3,(H,32,34,36)/t26-,28-,29-,30-/m1/s1. The maximum Gasteiger partial charge on any atom is 0.330 e. The lowest BCUT2D eigenvalue weighted by Crippen LogP contribution is -2.38. The lowest BCUT2D eigenvalue weighted by Gasteiger charge is -2.19. The Morgan fingerprint density at radius 1 is 0.902 bits per heavy atom. The molecule has 0 bridgehead atoms. The van der Waals surface area contributed by atoms with Crippen LogP contribution in [0.15, 0.2) is 88.6 Å². The highest BCUT2D eigenvalue weighted by Gasteiger charge is 2.45. The van der Waals surface area contributed by atoms with Gasteiger partial charge in [-0.3, -0.25) is 14.3 Å². The molecule has 0 aliphatic carbocycles. The number of ether oxygens (including phenoxy) is 5. The molecule has 5 rings (SSSR count). The molecule has 214 valence electrons. The minimum absolute atomic E-state index is 0.0592. The maximum atomic E-state index is 12.3. The molecule has 1 aromatic heterocycles. The van der Waals surface area contributed by atoms with Gasteiger partial charge in [-0.05, 0) is 46.5 Å². The predicted molar refractivity (Wildman–Crippen MR) is 152 cm³/mol. The van der Waals surface area contributed by atoms with Gasteiger partial charge in [0.05, 0.1) is 27.4 Å². The number of aromatic amines is 1. The van der Waals surface area contributed by atoms with Gasteiger partial charge >= 0.3 is 5.69 Å². The lowest BCUT2D eigenvalue weighted by atomic mass is 9.95. The molecule has 1 aliphatic rings. The summed E-state index contributed by atoms with van der Waals surface area (Å²) < 4.78 is 29.5. The Kier molecular flexibility index (Phi) is 8.65. The van der Waals surface area contributed by atoms with Crippen molar-refractivity contribution in [3.63, 3.8) is 0 Å². The molecule has 1 fully saturated rings. The SMILES string of the molecule is COc1ccc(-c2cc(-c3ccccc3COC[C@H]3O[C@@H](n4ccc(=O)[nH]c4=O)[C@H](OC)[C@@H]3O)ccc2OC)cc1. The number of aliphatic hydroxyl groups excluding tert-OH is 1. The lowest BCUT2D eigenvalue weighted by molar-refractivity contribution is -0.0743. The van der Waals surface area contributed by atoms with Crippen molar-refractivity contribution in [2.75, 3.05) is 27.9 Å². The highest BCUT2D eigenvalue weighted by molar-refractivity contribution is 5.79. The molecule has 10 heteroatoms. The zero-order valence-electron chi connectivity index (χ0n) is 23.0. The van der Waals surface area contributed by atoms with E-state index in [0.717, 1.165) is 39.3 Å². The molecule has 10 nitrogen and oxygen atoms in total. The largest absolute Gasteiger partial charge is 0.497 e. The molecule has 3 aromatic carbocycles. The van der Waals surface area contributed by atoms with E-state index in [9.17, 15) is 14.7 Å². The number of benzene rings is 3. The first-order valence-electron chi connectivity index (χ1n) is 13.1. The molecule has 0 amide bonds. The van der Waals surface area contributed by atoms with Gasteiger partial charge in [0.1, 0.15) is 29.8 Å². The number of nitrogens with one attached hydrogen (secondary N) is 1. The zero-order chi connectivity index (χ0) is 28.9. The average Bonchev–Trinajstić information content (AvgIpc) is 3.31. The van der Waals surface area contributed by atoms with Crippen LogP contribution < -0.4 is 20.7 Å². The maximum absolute atomic E-state index is 12.3. The Labute approximate surface area is 236 Å². The number of nitrogens with zero attached hydrogens (tertiary/aromatic N) is 1. The van der Waals surface area contributed by atoms with Gasteiger partial charge < -0.3 is 28.8 Å². The number of aliphatic hydroxyl groups is 1. The molecular weight excluding hydrogens is 528 g/mol. The summed E-state index contributed by atoms with van der Waals surface area (Å²) in [6, 6.07) is 23.0. The quantitative estimate of drug-likeness (QED) is 0.303. The Morgan fingerprint density at radius 2 is 1.66 bits per heavy atom. The fraction of sp³-hybridized carbons (Fsp3) is 0.290. The second kappa shape index (κ2) is 12.5. The highest BCUT2D eigenvalue weighted by atomic mass is 16.6. The van der Waals surface area contributed by atoms with Crippen LogP contribution in [0.2, 0.25) is 0 Å². The van der Waals surface area contributed by atoms with Crippen molar-refractivity contribution >= 4 is 0 Å². The third kappa shape index (κ3) is 5.96. The molecule has 0 spiro atoms. The minimum atomic E-state index is -1.05. The van der Waals surface area contributed by atoms with E-state index in [4.69, 9.17) is 23.7 Å². The van der Waals surface area contributed by atoms with Crippen LogP contribution in [0.3, 0.4) is 0 Å². The van der Waals surface area contributed by atoms with Crippen LogP contribution in [-0.4, -0.2) is 60.9 Å². The Balaban J connectivity index is 1.33. The van der Waals surface area contributed by atoms with Crippen LogP contribution in [-0.2, 0) is 20.8 Å². The van der Waals surface area contributed by atoms with Crippen molar-refractivity contribution in [3.05, 3.63) is 105 Å². The molecule has 0 unspecified atom stereocenters. The number of hydrogen-bond acceptors (Lipinski definition) is 8. The Morgan fingerprint density at radius 3 is 2.37 bits per heavy atom. The van der Waals surface area contributed by atoms with Gasteiger partial charge in [0.25, 0.3) is 5.56 Å². The topological polar surface area (TPSA) is 121 Å². The second-order valence-corrected chi connectivity index (χ2v) is 9.59. The number of rotatable bonds is 10. The summed E-state index contributed by atoms with van der Waals surface area (Å²) in [6.45, 7) is 0.317. The number of methoxy groups -OCH3 is 3. The van der Waals surface area contributed by atoms with Gasteiger partial charge in [-0.2, -0.15) is 0 Å². The van der Waals surface area contributed by atoms with Gasteiger partial charge in [-0.25, -0.2) is 4.79 Å². The third-order valence-electron chi connectivity index (χ3n) is 7.18. The van der Waals surface area contributed by atoms with E-state index >= 15 is 0 Å². The second-order valence-electron chi connectivity index (χ2n) is 9.59. The molecule has 0 saturated carbocycles. The molecule has 1 saturated heterocycles. The summed E-state index contributed by atoms with van der Waals surface area (Å²) in [4.78, 5) is 26.0. The van der Waals surface area contributed by atoms with Crippen molar-refractivity contribution < 1.29 is 28.8 Å². The Hall–Kier alpha value is -4.22. The van der Waals surface area contributed by atoms with E-state index in [1.807, 2.05) is 60.7 Å². The van der Waals surface area contributed by atoms with Gasteiger partial charge in [0.2, 0.25) is 0 Å². The van der Waals surface area contributed by atoms with Crippen LogP contribution >= 0.6 is 0 Å². The predicted octanol–water partition coefficient (Wildman–Crippen LogP) is 3.38. The fourth-order valence-electron chi connectivity index (χ4n) is 5.05. The smallest absolute Gasteiger partial charge is 0.330 e. The van der Waals surface area contributed by atoms with E-state index in [2.05, 4.69) is 11.1 Å². The van der Waals surface area contributed by atoms with Crippen molar-refractivity contribution in [1.82, 2.24) is 9.55 Å². The number of hydrogen-bond donors (Lipinski definition) is 2. The summed E-state index contributed by atoms with van der Waals surface area (Å²) in [5.41, 5.74) is 3.69. The zero-order valence-corrected chi connectivity index (χ0v) is 23.0. The van der Waals surface area contributed by atoms with Gasteiger partial charge in [0, 0.05) is 24.9 Å². The van der Waals surface area contributed by atoms with Crippen molar-refractivity contribution in [3.8, 4) is 33.8 Å². The van der Waals surface area contributed by atoms with Gasteiger partial charge in [-0.1, -0.05) is 42.5 Å². The van der Waals surface area contributed by atoms with E-state index < -0.39 is 35.8 Å². The van der Waals surface area contributed by atoms with E-state index in [0.29, 0.717) is 0 Å². The van der Waals surface area contributed by atoms with Crippen LogP contribution in [0.1, 0.15) is 11.8 Å². The number of aromatic nitrogens is 2. The average molecular weight is 561 g/mol. The summed E-state index contributed by atoms with van der Waals surface area (Å²) in [6.07, 6.45) is -2.23. The molecule has 41 heavy (non-hydrogen) atoms. The summed E-state index contributed by atoms with van der Waals surface area (Å²) >= 11 is 0. The third-order valence-corrected chi connectivity index (χ3v) is 7.18. The molecule has 4 atom stereocenters. The molecule has 0 radical (unpaired) electrons. The van der Waals surface area contributed by atoms with Crippen LogP contribution in [0.5, 0.6) is 11.5 Å². The minimum Gasteiger partial charge on any atom is -0.497 e. The normalized spacial score (nSPS) is 20.2. The fourth-order valence-corrected chi connectivity index (χ4v) is 5.05. The monoisotopic (exact) mass is 560 g/mol. The highest BCUT2D eigenvalue weighted by Crippen LogP contribution is 2.36. The summed E-state index contributed by atoms with van der Waals surface area (Å²) in [5, 5.41) is 10.8. The van der Waals surface area contributed by atoms with Crippen molar-refractivity contribution in [2.45, 2.75) is 31.1 Å².